The summed E-state index contributed by atoms with van der Waals surface area (Å²) in [5.74, 6) is 1.74. The number of hydrogen-bond donors (Lipinski definition) is 2. The minimum Gasteiger partial charge on any atom is -0.383 e. The first-order valence-electron chi connectivity index (χ1n) is 6.58. The molecule has 19 heavy (non-hydrogen) atoms. The maximum absolute atomic E-state index is 11.4. The number of nitrogens with one attached hydrogen (secondary N) is 1. The van der Waals surface area contributed by atoms with Crippen molar-refractivity contribution in [1.29, 1.82) is 0 Å². The van der Waals surface area contributed by atoms with E-state index in [0.29, 0.717) is 18.7 Å². The first-order valence-corrected chi connectivity index (χ1v) is 8.40. The molecule has 0 saturated carbocycles. The van der Waals surface area contributed by atoms with Gasteiger partial charge in [-0.15, -0.1) is 0 Å². The van der Waals surface area contributed by atoms with Gasteiger partial charge in [0.1, 0.15) is 27.8 Å². The highest BCUT2D eigenvalue weighted by molar-refractivity contribution is 7.91. The maximum atomic E-state index is 11.4. The zero-order valence-electron chi connectivity index (χ0n) is 11.1. The van der Waals surface area contributed by atoms with Gasteiger partial charge in [-0.2, -0.15) is 0 Å². The summed E-state index contributed by atoms with van der Waals surface area (Å²) in [6.07, 6.45) is 4.47. The lowest BCUT2D eigenvalue weighted by atomic mass is 10.1. The van der Waals surface area contributed by atoms with Crippen LogP contribution in [-0.4, -0.2) is 35.9 Å². The van der Waals surface area contributed by atoms with E-state index in [1.807, 2.05) is 0 Å². The van der Waals surface area contributed by atoms with Gasteiger partial charge in [-0.25, -0.2) is 18.4 Å². The molecule has 1 aliphatic rings. The fourth-order valence-corrected chi connectivity index (χ4v) is 3.77. The Morgan fingerprint density at radius 3 is 2.68 bits per heavy atom. The number of nitrogens with zero attached hydrogens (tertiary/aromatic N) is 2. The minimum absolute atomic E-state index is 0.147. The molecule has 2 heterocycles. The zero-order valence-corrected chi connectivity index (χ0v) is 11.9. The van der Waals surface area contributed by atoms with Crippen LogP contribution in [0.15, 0.2) is 6.33 Å². The molecule has 2 rings (SSSR count). The summed E-state index contributed by atoms with van der Waals surface area (Å²) in [4.78, 5) is 8.24. The van der Waals surface area contributed by atoms with Gasteiger partial charge in [-0.1, -0.05) is 13.3 Å². The zero-order chi connectivity index (χ0) is 13.9. The molecule has 3 N–H and O–H groups in total. The van der Waals surface area contributed by atoms with Gasteiger partial charge in [0.2, 0.25) is 0 Å². The summed E-state index contributed by atoms with van der Waals surface area (Å²) < 4.78 is 22.8. The average molecular weight is 284 g/mol. The quantitative estimate of drug-likeness (QED) is 0.856. The van der Waals surface area contributed by atoms with Crippen LogP contribution >= 0.6 is 0 Å². The molecule has 0 amide bonds. The summed E-state index contributed by atoms with van der Waals surface area (Å²) >= 11 is 0. The first kappa shape index (κ1) is 14.0. The lowest BCUT2D eigenvalue weighted by Gasteiger charge is -2.24. The van der Waals surface area contributed by atoms with Crippen molar-refractivity contribution in [3.05, 3.63) is 11.9 Å². The third-order valence-electron chi connectivity index (χ3n) is 3.37. The monoisotopic (exact) mass is 284 g/mol. The third-order valence-corrected chi connectivity index (χ3v) is 5.09. The molecule has 1 fully saturated rings. The molecule has 1 aromatic heterocycles. The van der Waals surface area contributed by atoms with Gasteiger partial charge in [-0.3, -0.25) is 0 Å². The van der Waals surface area contributed by atoms with Crippen molar-refractivity contribution in [1.82, 2.24) is 9.97 Å². The van der Waals surface area contributed by atoms with Crippen LogP contribution in [0.25, 0.3) is 0 Å². The van der Waals surface area contributed by atoms with Crippen LogP contribution in [0.1, 0.15) is 31.7 Å². The molecular weight excluding hydrogens is 264 g/mol. The molecule has 0 spiro atoms. The van der Waals surface area contributed by atoms with Crippen LogP contribution in [0.2, 0.25) is 0 Å². The number of anilines is 2. The standard InChI is InChI=1S/C12H20N4O2S/c1-2-3-10-11(13)14-8-15-12(10)16-9-4-6-19(17,18)7-5-9/h8-9H,2-7H2,1H3,(H3,13,14,15,16). The van der Waals surface area contributed by atoms with E-state index < -0.39 is 9.84 Å². The summed E-state index contributed by atoms with van der Waals surface area (Å²) in [7, 11) is -2.83. The highest BCUT2D eigenvalue weighted by Gasteiger charge is 2.24. The van der Waals surface area contributed by atoms with E-state index in [9.17, 15) is 8.42 Å². The molecular formula is C12H20N4O2S. The van der Waals surface area contributed by atoms with E-state index in [1.165, 1.54) is 6.33 Å². The molecule has 1 aromatic rings. The van der Waals surface area contributed by atoms with Crippen LogP contribution in [0.5, 0.6) is 0 Å². The molecule has 0 bridgehead atoms. The predicted octanol–water partition coefficient (Wildman–Crippen LogP) is 1.00. The minimum atomic E-state index is -2.83. The van der Waals surface area contributed by atoms with Gasteiger partial charge in [0, 0.05) is 11.6 Å². The molecule has 0 atom stereocenters. The number of nitrogen functional groups attached to an aromatic ring is 1. The molecule has 106 valence electrons. The third kappa shape index (κ3) is 3.56. The molecule has 0 unspecified atom stereocenters. The summed E-state index contributed by atoms with van der Waals surface area (Å²) in [5.41, 5.74) is 6.80. The lowest BCUT2D eigenvalue weighted by Crippen LogP contribution is -2.32. The molecule has 0 aromatic carbocycles. The van der Waals surface area contributed by atoms with Crippen molar-refractivity contribution in [2.75, 3.05) is 22.6 Å². The number of aromatic nitrogens is 2. The second-order valence-corrected chi connectivity index (χ2v) is 7.21. The van der Waals surface area contributed by atoms with Crippen LogP contribution in [-0.2, 0) is 16.3 Å². The Kier molecular flexibility index (Phi) is 4.24. The van der Waals surface area contributed by atoms with Crippen molar-refractivity contribution in [2.45, 2.75) is 38.6 Å². The molecule has 7 heteroatoms. The largest absolute Gasteiger partial charge is 0.383 e. The Morgan fingerprint density at radius 1 is 1.37 bits per heavy atom. The predicted molar refractivity (Wildman–Crippen MR) is 75.7 cm³/mol. The van der Waals surface area contributed by atoms with Crippen LogP contribution in [0.4, 0.5) is 11.6 Å². The molecule has 1 aliphatic heterocycles. The number of nitrogens with two attached hydrogens (primary N) is 1. The fourth-order valence-electron chi connectivity index (χ4n) is 2.27. The van der Waals surface area contributed by atoms with E-state index in [4.69, 9.17) is 5.73 Å². The summed E-state index contributed by atoms with van der Waals surface area (Å²) in [6.45, 7) is 2.07. The summed E-state index contributed by atoms with van der Waals surface area (Å²) in [6, 6.07) is 0.147. The SMILES string of the molecule is CCCc1c(N)ncnc1NC1CCS(=O)(=O)CC1. The Balaban J connectivity index is 2.09. The van der Waals surface area contributed by atoms with E-state index >= 15 is 0 Å². The van der Waals surface area contributed by atoms with Crippen molar-refractivity contribution >= 4 is 21.5 Å². The van der Waals surface area contributed by atoms with Gasteiger partial charge in [0.25, 0.3) is 0 Å². The molecule has 0 aliphatic carbocycles. The van der Waals surface area contributed by atoms with E-state index in [0.717, 1.165) is 24.2 Å². The van der Waals surface area contributed by atoms with Crippen LogP contribution < -0.4 is 11.1 Å². The summed E-state index contributed by atoms with van der Waals surface area (Å²) in [5, 5.41) is 3.32. The number of sulfone groups is 1. The van der Waals surface area contributed by atoms with Crippen molar-refractivity contribution in [3.63, 3.8) is 0 Å². The highest BCUT2D eigenvalue weighted by atomic mass is 32.2. The highest BCUT2D eigenvalue weighted by Crippen LogP contribution is 2.22. The Bertz CT molecular complexity index is 531. The van der Waals surface area contributed by atoms with Gasteiger partial charge in [-0.05, 0) is 19.3 Å². The first-order chi connectivity index (χ1) is 9.02. The van der Waals surface area contributed by atoms with Gasteiger partial charge in [0.05, 0.1) is 11.5 Å². The Labute approximate surface area is 113 Å². The number of hydrogen-bond acceptors (Lipinski definition) is 6. The molecule has 0 radical (unpaired) electrons. The van der Waals surface area contributed by atoms with Crippen molar-refractivity contribution < 1.29 is 8.42 Å². The van der Waals surface area contributed by atoms with Crippen molar-refractivity contribution in [3.8, 4) is 0 Å². The molecule has 1 saturated heterocycles. The van der Waals surface area contributed by atoms with E-state index in [1.54, 1.807) is 0 Å². The normalized spacial score (nSPS) is 19.2. The fraction of sp³-hybridized carbons (Fsp3) is 0.667. The van der Waals surface area contributed by atoms with Crippen molar-refractivity contribution in [2.24, 2.45) is 0 Å². The average Bonchev–Trinajstić information content (AvgIpc) is 2.36. The Hall–Kier alpha value is -1.37. The Morgan fingerprint density at radius 2 is 2.05 bits per heavy atom. The van der Waals surface area contributed by atoms with Crippen LogP contribution in [0, 0.1) is 0 Å². The lowest BCUT2D eigenvalue weighted by molar-refractivity contribution is 0.558. The smallest absolute Gasteiger partial charge is 0.150 e. The van der Waals surface area contributed by atoms with Crippen LogP contribution in [0.3, 0.4) is 0 Å². The topological polar surface area (TPSA) is 98.0 Å². The van der Waals surface area contributed by atoms with Gasteiger partial charge < -0.3 is 11.1 Å². The van der Waals surface area contributed by atoms with E-state index in [-0.39, 0.29) is 17.5 Å². The van der Waals surface area contributed by atoms with Gasteiger partial charge >= 0.3 is 0 Å². The number of rotatable bonds is 4. The maximum Gasteiger partial charge on any atom is 0.150 e. The second-order valence-electron chi connectivity index (χ2n) is 4.91. The van der Waals surface area contributed by atoms with Gasteiger partial charge in [0.15, 0.2) is 0 Å². The second kappa shape index (κ2) is 5.73. The molecule has 6 nitrogen and oxygen atoms in total. The van der Waals surface area contributed by atoms with E-state index in [2.05, 4.69) is 22.2 Å².